The van der Waals surface area contributed by atoms with E-state index >= 15 is 0 Å². The van der Waals surface area contributed by atoms with Gasteiger partial charge < -0.3 is 10.1 Å². The van der Waals surface area contributed by atoms with Gasteiger partial charge in [0.05, 0.1) is 12.0 Å². The highest BCUT2D eigenvalue weighted by Crippen LogP contribution is 2.17. The van der Waals surface area contributed by atoms with Crippen molar-refractivity contribution in [1.82, 2.24) is 4.72 Å². The molecule has 6 nitrogen and oxygen atoms in total. The zero-order valence-corrected chi connectivity index (χ0v) is 15.3. The minimum atomic E-state index is -3.64. The zero-order chi connectivity index (χ0) is 18.4. The van der Waals surface area contributed by atoms with Gasteiger partial charge in [0.15, 0.2) is 0 Å². The highest BCUT2D eigenvalue weighted by molar-refractivity contribution is 7.89. The fraction of sp³-hybridized carbons (Fsp3) is 0.278. The molecule has 134 valence electrons. The van der Waals surface area contributed by atoms with Gasteiger partial charge in [-0.25, -0.2) is 13.1 Å². The minimum Gasteiger partial charge on any atom is -0.497 e. The van der Waals surface area contributed by atoms with Crippen LogP contribution in [0, 0.1) is 5.92 Å². The monoisotopic (exact) mass is 362 g/mol. The van der Waals surface area contributed by atoms with Crippen LogP contribution in [0.5, 0.6) is 5.75 Å². The molecule has 2 aromatic carbocycles. The molecule has 0 fully saturated rings. The number of rotatable bonds is 7. The van der Waals surface area contributed by atoms with E-state index in [9.17, 15) is 13.2 Å². The maximum atomic E-state index is 12.4. The summed E-state index contributed by atoms with van der Waals surface area (Å²) in [6.45, 7) is 4.17. The molecule has 0 radical (unpaired) electrons. The zero-order valence-electron chi connectivity index (χ0n) is 14.4. The smallest absolute Gasteiger partial charge is 0.255 e. The Labute approximate surface area is 148 Å². The lowest BCUT2D eigenvalue weighted by atomic mass is 10.2. The molecule has 0 bridgehead atoms. The Kier molecular flexibility index (Phi) is 6.17. The third-order valence-electron chi connectivity index (χ3n) is 3.44. The molecule has 0 unspecified atom stereocenters. The third kappa shape index (κ3) is 5.30. The van der Waals surface area contributed by atoms with Gasteiger partial charge in [0.2, 0.25) is 10.0 Å². The SMILES string of the molecule is COc1ccc(NC(=O)c2cccc(S(=O)(=O)NCC(C)C)c2)cc1. The first-order chi connectivity index (χ1) is 11.8. The number of benzene rings is 2. The number of carbonyl (C=O) groups is 1. The third-order valence-corrected chi connectivity index (χ3v) is 4.86. The summed E-state index contributed by atoms with van der Waals surface area (Å²) in [6, 6.07) is 12.8. The van der Waals surface area contributed by atoms with E-state index in [-0.39, 0.29) is 22.3 Å². The summed E-state index contributed by atoms with van der Waals surface area (Å²) in [5, 5.41) is 2.73. The lowest BCUT2D eigenvalue weighted by molar-refractivity contribution is 0.102. The molecule has 2 N–H and O–H groups in total. The quantitative estimate of drug-likeness (QED) is 0.793. The molecule has 0 aromatic heterocycles. The highest BCUT2D eigenvalue weighted by Gasteiger charge is 2.16. The number of anilines is 1. The fourth-order valence-corrected chi connectivity index (χ4v) is 3.30. The summed E-state index contributed by atoms with van der Waals surface area (Å²) < 4.78 is 32.2. The van der Waals surface area contributed by atoms with Crippen molar-refractivity contribution in [1.29, 1.82) is 0 Å². The largest absolute Gasteiger partial charge is 0.497 e. The number of sulfonamides is 1. The van der Waals surface area contributed by atoms with E-state index in [1.807, 2.05) is 13.8 Å². The number of nitrogens with one attached hydrogen (secondary N) is 2. The van der Waals surface area contributed by atoms with E-state index in [0.29, 0.717) is 18.0 Å². The second-order valence-corrected chi connectivity index (χ2v) is 7.72. The van der Waals surface area contributed by atoms with Crippen LogP contribution in [0.1, 0.15) is 24.2 Å². The maximum Gasteiger partial charge on any atom is 0.255 e. The summed E-state index contributed by atoms with van der Waals surface area (Å²) in [4.78, 5) is 12.4. The van der Waals surface area contributed by atoms with Crippen molar-refractivity contribution in [2.45, 2.75) is 18.7 Å². The molecule has 2 rings (SSSR count). The van der Waals surface area contributed by atoms with Crippen LogP contribution in [0.25, 0.3) is 0 Å². The van der Waals surface area contributed by atoms with Gasteiger partial charge in [-0.05, 0) is 48.4 Å². The van der Waals surface area contributed by atoms with Crippen molar-refractivity contribution in [3.05, 3.63) is 54.1 Å². The normalized spacial score (nSPS) is 11.4. The lowest BCUT2D eigenvalue weighted by Gasteiger charge is -2.10. The molecule has 1 amide bonds. The van der Waals surface area contributed by atoms with Gasteiger partial charge in [0.25, 0.3) is 5.91 Å². The van der Waals surface area contributed by atoms with Crippen molar-refractivity contribution in [2.75, 3.05) is 19.0 Å². The Hall–Kier alpha value is -2.38. The van der Waals surface area contributed by atoms with Crippen molar-refractivity contribution in [3.63, 3.8) is 0 Å². The topological polar surface area (TPSA) is 84.5 Å². The maximum absolute atomic E-state index is 12.4. The fourth-order valence-electron chi connectivity index (χ4n) is 2.04. The highest BCUT2D eigenvalue weighted by atomic mass is 32.2. The Morgan fingerprint density at radius 3 is 2.40 bits per heavy atom. The Morgan fingerprint density at radius 1 is 1.12 bits per heavy atom. The first kappa shape index (κ1) is 19.0. The number of carbonyl (C=O) groups excluding carboxylic acids is 1. The van der Waals surface area contributed by atoms with Crippen LogP contribution in [0.15, 0.2) is 53.4 Å². The summed E-state index contributed by atoms with van der Waals surface area (Å²) in [6.07, 6.45) is 0. The molecule has 0 atom stereocenters. The van der Waals surface area contributed by atoms with Crippen LogP contribution in [0.2, 0.25) is 0 Å². The van der Waals surface area contributed by atoms with E-state index in [4.69, 9.17) is 4.74 Å². The van der Waals surface area contributed by atoms with Gasteiger partial charge in [-0.15, -0.1) is 0 Å². The van der Waals surface area contributed by atoms with E-state index in [0.717, 1.165) is 0 Å². The van der Waals surface area contributed by atoms with Gasteiger partial charge in [0, 0.05) is 17.8 Å². The van der Waals surface area contributed by atoms with E-state index in [1.54, 1.807) is 43.5 Å². The summed E-state index contributed by atoms with van der Waals surface area (Å²) >= 11 is 0. The summed E-state index contributed by atoms with van der Waals surface area (Å²) in [5.74, 6) is 0.490. The number of amides is 1. The molecule has 0 saturated carbocycles. The lowest BCUT2D eigenvalue weighted by Crippen LogP contribution is -2.27. The van der Waals surface area contributed by atoms with Crippen LogP contribution in [-0.4, -0.2) is 28.0 Å². The summed E-state index contributed by atoms with van der Waals surface area (Å²) in [5.41, 5.74) is 0.861. The molecule has 0 saturated heterocycles. The number of hydrogen-bond donors (Lipinski definition) is 2. The molecular formula is C18H22N2O4S. The van der Waals surface area contributed by atoms with Crippen LogP contribution >= 0.6 is 0 Å². The average Bonchev–Trinajstić information content (AvgIpc) is 2.61. The molecular weight excluding hydrogens is 340 g/mol. The van der Waals surface area contributed by atoms with E-state index in [1.165, 1.54) is 12.1 Å². The molecule has 7 heteroatoms. The number of ether oxygens (including phenoxy) is 1. The Balaban J connectivity index is 2.15. The van der Waals surface area contributed by atoms with Crippen molar-refractivity contribution in [2.24, 2.45) is 5.92 Å². The summed E-state index contributed by atoms with van der Waals surface area (Å²) in [7, 11) is -2.08. The van der Waals surface area contributed by atoms with Crippen molar-refractivity contribution in [3.8, 4) is 5.75 Å². The first-order valence-corrected chi connectivity index (χ1v) is 9.35. The second kappa shape index (κ2) is 8.13. The molecule has 0 aliphatic carbocycles. The van der Waals surface area contributed by atoms with Gasteiger partial charge in [-0.1, -0.05) is 19.9 Å². The molecule has 0 aliphatic heterocycles. The van der Waals surface area contributed by atoms with Crippen LogP contribution in [-0.2, 0) is 10.0 Å². The molecule has 0 spiro atoms. The van der Waals surface area contributed by atoms with Crippen LogP contribution in [0.3, 0.4) is 0 Å². The molecule has 25 heavy (non-hydrogen) atoms. The number of methoxy groups -OCH3 is 1. The molecule has 0 aliphatic rings. The van der Waals surface area contributed by atoms with Crippen LogP contribution < -0.4 is 14.8 Å². The number of hydrogen-bond acceptors (Lipinski definition) is 4. The standard InChI is InChI=1S/C18H22N2O4S/c1-13(2)12-19-25(22,23)17-6-4-5-14(11-17)18(21)20-15-7-9-16(24-3)10-8-15/h4-11,13,19H,12H2,1-3H3,(H,20,21). The van der Waals surface area contributed by atoms with E-state index < -0.39 is 10.0 Å². The van der Waals surface area contributed by atoms with Crippen LogP contribution in [0.4, 0.5) is 5.69 Å². The van der Waals surface area contributed by atoms with E-state index in [2.05, 4.69) is 10.0 Å². The van der Waals surface area contributed by atoms with Crippen molar-refractivity contribution >= 4 is 21.6 Å². The minimum absolute atomic E-state index is 0.0653. The first-order valence-electron chi connectivity index (χ1n) is 7.87. The molecule has 0 heterocycles. The average molecular weight is 362 g/mol. The van der Waals surface area contributed by atoms with Gasteiger partial charge in [-0.2, -0.15) is 0 Å². The Morgan fingerprint density at radius 2 is 1.80 bits per heavy atom. The van der Waals surface area contributed by atoms with Gasteiger partial charge >= 0.3 is 0 Å². The van der Waals surface area contributed by atoms with Crippen molar-refractivity contribution < 1.29 is 17.9 Å². The predicted octanol–water partition coefficient (Wildman–Crippen LogP) is 2.88. The van der Waals surface area contributed by atoms with Gasteiger partial charge in [-0.3, -0.25) is 4.79 Å². The Bertz CT molecular complexity index is 830. The predicted molar refractivity (Wildman–Crippen MR) is 97.4 cm³/mol. The second-order valence-electron chi connectivity index (χ2n) is 5.96. The van der Waals surface area contributed by atoms with Gasteiger partial charge in [0.1, 0.15) is 5.75 Å². The molecule has 2 aromatic rings.